The van der Waals surface area contributed by atoms with Crippen molar-refractivity contribution in [3.63, 3.8) is 0 Å². The van der Waals surface area contributed by atoms with Gasteiger partial charge in [-0.25, -0.2) is 4.39 Å². The molecule has 324 valence electrons. The number of benzene rings is 10. The van der Waals surface area contributed by atoms with E-state index >= 15 is 0 Å². The fourth-order valence-corrected chi connectivity index (χ4v) is 10.1. The first-order chi connectivity index (χ1) is 34.1. The summed E-state index contributed by atoms with van der Waals surface area (Å²) in [7, 11) is 0. The molecule has 4 heterocycles. The van der Waals surface area contributed by atoms with Crippen LogP contribution in [0.1, 0.15) is 11.1 Å². The molecule has 1 N–H and O–H groups in total. The molecule has 69 heavy (non-hydrogen) atoms. The summed E-state index contributed by atoms with van der Waals surface area (Å²) in [6, 6.07) is 82.4. The highest BCUT2D eigenvalue weighted by atomic mass is 19.1. The van der Waals surface area contributed by atoms with Gasteiger partial charge in [-0.2, -0.15) is 10.5 Å². The van der Waals surface area contributed by atoms with Gasteiger partial charge < -0.3 is 18.7 Å². The fraction of sp³-hybridized carbons (Fsp3) is 0. The number of rotatable bonds is 3. The minimum atomic E-state index is -0.458. The van der Waals surface area contributed by atoms with E-state index in [1.807, 2.05) is 24.3 Å². The van der Waals surface area contributed by atoms with Gasteiger partial charge in [0, 0.05) is 65.5 Å². The van der Waals surface area contributed by atoms with Crippen molar-refractivity contribution in [2.45, 2.75) is 0 Å². The molecule has 10 aromatic carbocycles. The smallest absolute Gasteiger partial charge is 0.140 e. The van der Waals surface area contributed by atoms with Gasteiger partial charge in [0.2, 0.25) is 0 Å². The molecule has 6 nitrogen and oxygen atoms in total. The Hall–Kier alpha value is -9.69. The van der Waals surface area contributed by atoms with Gasteiger partial charge in [0.15, 0.2) is 0 Å². The van der Waals surface area contributed by atoms with Crippen LogP contribution in [0.4, 0.5) is 4.39 Å². The highest BCUT2D eigenvalue weighted by molar-refractivity contribution is 6.13. The van der Waals surface area contributed by atoms with Crippen LogP contribution < -0.4 is 0 Å². The molecule has 0 aliphatic heterocycles. The van der Waals surface area contributed by atoms with Crippen molar-refractivity contribution >= 4 is 87.2 Å². The second-order valence-corrected chi connectivity index (χ2v) is 16.9. The van der Waals surface area contributed by atoms with Crippen LogP contribution in [0.2, 0.25) is 0 Å². The lowest BCUT2D eigenvalue weighted by molar-refractivity contribution is 0.624. The van der Waals surface area contributed by atoms with Crippen LogP contribution >= 0.6 is 0 Å². The Morgan fingerprint density at radius 3 is 1.20 bits per heavy atom. The summed E-state index contributed by atoms with van der Waals surface area (Å²) in [4.78, 5) is 3.56. The zero-order chi connectivity index (χ0) is 46.4. The second kappa shape index (κ2) is 16.9. The maximum Gasteiger partial charge on any atom is 0.140 e. The summed E-state index contributed by atoms with van der Waals surface area (Å²) >= 11 is 0. The number of hydrogen-bond acceptors (Lipinski definition) is 2. The van der Waals surface area contributed by atoms with Crippen molar-refractivity contribution in [3.05, 3.63) is 247 Å². The summed E-state index contributed by atoms with van der Waals surface area (Å²) < 4.78 is 19.3. The molecule has 0 spiro atoms. The molecule has 0 bridgehead atoms. The van der Waals surface area contributed by atoms with Gasteiger partial charge in [-0.1, -0.05) is 146 Å². The van der Waals surface area contributed by atoms with Crippen molar-refractivity contribution in [1.82, 2.24) is 18.7 Å². The Balaban J connectivity index is 0.000000124. The molecular formula is C62H39FN6. The number of halogens is 1. The van der Waals surface area contributed by atoms with E-state index in [0.717, 1.165) is 22.4 Å². The molecule has 4 aromatic heterocycles. The zero-order valence-corrected chi connectivity index (χ0v) is 37.1. The normalized spacial score (nSPS) is 11.2. The average molecular weight is 887 g/mol. The fourth-order valence-electron chi connectivity index (χ4n) is 10.1. The SMILES string of the molecule is N#Cc1ccccc1-n1c2ccccc2c2ccc(-n3c4ccccc4c4ccccc43)cc21.N#Cc1ccccc1F.c1ccc2c(c1)[nH]c1cc(-n3c4ccccc4c4ccccc43)ccc12. The number of nitrogens with zero attached hydrogens (tertiary/aromatic N) is 5. The zero-order valence-electron chi connectivity index (χ0n) is 37.1. The van der Waals surface area contributed by atoms with E-state index < -0.39 is 5.82 Å². The molecule has 0 atom stereocenters. The molecular weight excluding hydrogens is 848 g/mol. The Labute approximate surface area is 395 Å². The van der Waals surface area contributed by atoms with Crippen LogP contribution in [0.25, 0.3) is 104 Å². The van der Waals surface area contributed by atoms with E-state index in [4.69, 9.17) is 5.26 Å². The quantitative estimate of drug-likeness (QED) is 0.192. The van der Waals surface area contributed by atoms with Crippen molar-refractivity contribution in [2.24, 2.45) is 0 Å². The van der Waals surface area contributed by atoms with E-state index in [9.17, 15) is 9.65 Å². The Morgan fingerprint density at radius 2 is 0.696 bits per heavy atom. The highest BCUT2D eigenvalue weighted by Gasteiger charge is 2.18. The predicted octanol–water partition coefficient (Wildman–Crippen LogP) is 15.9. The van der Waals surface area contributed by atoms with Crippen LogP contribution in [-0.2, 0) is 0 Å². The number of nitrogens with one attached hydrogen (secondary N) is 1. The van der Waals surface area contributed by atoms with E-state index in [1.54, 1.807) is 18.2 Å². The van der Waals surface area contributed by atoms with Gasteiger partial charge in [0.25, 0.3) is 0 Å². The molecule has 0 fully saturated rings. The number of para-hydroxylation sites is 7. The summed E-state index contributed by atoms with van der Waals surface area (Å²) in [6.07, 6.45) is 0. The number of fused-ring (bicyclic) bond motifs is 12. The van der Waals surface area contributed by atoms with Crippen molar-refractivity contribution < 1.29 is 4.39 Å². The van der Waals surface area contributed by atoms with Gasteiger partial charge in [0.1, 0.15) is 18.0 Å². The highest BCUT2D eigenvalue weighted by Crippen LogP contribution is 2.38. The van der Waals surface area contributed by atoms with E-state index in [-0.39, 0.29) is 5.56 Å². The van der Waals surface area contributed by atoms with Gasteiger partial charge >= 0.3 is 0 Å². The Kier molecular flexibility index (Phi) is 10.0. The summed E-state index contributed by atoms with van der Waals surface area (Å²) in [6.45, 7) is 0. The molecule has 0 saturated carbocycles. The summed E-state index contributed by atoms with van der Waals surface area (Å²) in [5.74, 6) is -0.458. The molecule has 0 saturated heterocycles. The molecule has 7 heteroatoms. The number of H-pyrrole nitrogens is 1. The van der Waals surface area contributed by atoms with Crippen molar-refractivity contribution in [3.8, 4) is 29.2 Å². The van der Waals surface area contributed by atoms with Crippen LogP contribution in [0.3, 0.4) is 0 Å². The number of aromatic nitrogens is 4. The largest absolute Gasteiger partial charge is 0.354 e. The lowest BCUT2D eigenvalue weighted by Gasteiger charge is -2.12. The lowest BCUT2D eigenvalue weighted by atomic mass is 10.1. The molecule has 0 aliphatic rings. The maximum absolute atomic E-state index is 12.4. The molecule has 14 aromatic rings. The average Bonchev–Trinajstić information content (AvgIpc) is 4.15. The third kappa shape index (κ3) is 6.85. The number of nitriles is 2. The summed E-state index contributed by atoms with van der Waals surface area (Å²) in [5.41, 5.74) is 13.3. The first-order valence-electron chi connectivity index (χ1n) is 22.7. The van der Waals surface area contributed by atoms with Crippen molar-refractivity contribution in [1.29, 1.82) is 10.5 Å². The van der Waals surface area contributed by atoms with Crippen LogP contribution in [-0.4, -0.2) is 18.7 Å². The van der Waals surface area contributed by atoms with Crippen LogP contribution in [0, 0.1) is 28.5 Å². The lowest BCUT2D eigenvalue weighted by Crippen LogP contribution is -1.98. The van der Waals surface area contributed by atoms with Crippen LogP contribution in [0.5, 0.6) is 0 Å². The Morgan fingerprint density at radius 1 is 0.319 bits per heavy atom. The molecule has 0 unspecified atom stereocenters. The molecule has 0 aliphatic carbocycles. The molecule has 14 rings (SSSR count). The van der Waals surface area contributed by atoms with E-state index in [0.29, 0.717) is 5.56 Å². The van der Waals surface area contributed by atoms with E-state index in [2.05, 4.69) is 207 Å². The maximum atomic E-state index is 12.4. The van der Waals surface area contributed by atoms with Crippen molar-refractivity contribution in [2.75, 3.05) is 0 Å². The number of aromatic amines is 1. The van der Waals surface area contributed by atoms with E-state index in [1.165, 1.54) is 94.0 Å². The topological polar surface area (TPSA) is 78.2 Å². The number of hydrogen-bond donors (Lipinski definition) is 1. The molecule has 0 amide bonds. The minimum absolute atomic E-state index is 0.0949. The Bertz CT molecular complexity index is 4270. The van der Waals surface area contributed by atoms with Crippen LogP contribution in [0.15, 0.2) is 231 Å². The minimum Gasteiger partial charge on any atom is -0.354 e. The first-order valence-corrected chi connectivity index (χ1v) is 22.7. The first kappa shape index (κ1) is 40.8. The summed E-state index contributed by atoms with van der Waals surface area (Å²) in [5, 5.41) is 28.0. The van der Waals surface area contributed by atoms with Gasteiger partial charge in [-0.05, 0) is 84.9 Å². The molecule has 0 radical (unpaired) electrons. The standard InChI is InChI=1S/C31H19N3.C24H16N2.C7H4FN/c32-20-21-9-1-5-13-27(21)34-30-16-8-4-12-25(30)26-18-17-22(19-31(26)34)33-28-14-6-2-10-23(28)24-11-3-7-15-29(24)33;1-4-10-21-17(7-1)18-14-13-16(15-22(18)25-21)26-23-11-5-2-8-19(23)20-9-3-6-12-24(20)26;8-7-4-2-1-3-6(7)5-9/h1-19H;1-15,25H;1-4H. The monoisotopic (exact) mass is 886 g/mol. The van der Waals surface area contributed by atoms with Gasteiger partial charge in [0.05, 0.1) is 49.9 Å². The van der Waals surface area contributed by atoms with Gasteiger partial charge in [-0.15, -0.1) is 0 Å². The second-order valence-electron chi connectivity index (χ2n) is 16.9. The predicted molar refractivity (Wildman–Crippen MR) is 281 cm³/mol. The third-order valence-corrected chi connectivity index (χ3v) is 13.1. The third-order valence-electron chi connectivity index (χ3n) is 13.1. The van der Waals surface area contributed by atoms with Gasteiger partial charge in [-0.3, -0.25) is 0 Å².